The van der Waals surface area contributed by atoms with Gasteiger partial charge in [-0.2, -0.15) is 13.2 Å². The average molecular weight is 276 g/mol. The number of rotatable bonds is 7. The summed E-state index contributed by atoms with van der Waals surface area (Å²) in [5.41, 5.74) is 2.47. The molecule has 1 unspecified atom stereocenters. The molecule has 108 valence electrons. The van der Waals surface area contributed by atoms with Crippen LogP contribution in [0.4, 0.5) is 13.2 Å². The number of benzene rings is 1. The zero-order valence-electron chi connectivity index (χ0n) is 10.8. The molecule has 0 heterocycles. The van der Waals surface area contributed by atoms with E-state index in [1.54, 1.807) is 13.2 Å². The smallest absolute Gasteiger partial charge is 0.385 e. The molecule has 1 aromatic carbocycles. The van der Waals surface area contributed by atoms with E-state index in [0.29, 0.717) is 18.6 Å². The minimum absolute atomic E-state index is 0.279. The van der Waals surface area contributed by atoms with Gasteiger partial charge in [-0.3, -0.25) is 11.3 Å². The molecule has 1 aromatic rings. The predicted molar refractivity (Wildman–Crippen MR) is 67.2 cm³/mol. The fraction of sp³-hybridized carbons (Fsp3) is 0.538. The van der Waals surface area contributed by atoms with Crippen molar-refractivity contribution >= 4 is 0 Å². The van der Waals surface area contributed by atoms with Gasteiger partial charge in [-0.25, -0.2) is 0 Å². The Morgan fingerprint density at radius 2 is 2.05 bits per heavy atom. The summed E-state index contributed by atoms with van der Waals surface area (Å²) >= 11 is 0. The summed E-state index contributed by atoms with van der Waals surface area (Å²) in [5.74, 6) is 5.42. The average Bonchev–Trinajstić information content (AvgIpc) is 2.38. The second kappa shape index (κ2) is 7.47. The highest BCUT2D eigenvalue weighted by molar-refractivity contribution is 5.27. The minimum Gasteiger partial charge on any atom is -0.385 e. The van der Waals surface area contributed by atoms with Gasteiger partial charge in [0.25, 0.3) is 0 Å². The summed E-state index contributed by atoms with van der Waals surface area (Å²) in [6.07, 6.45) is -1.97. The Labute approximate surface area is 110 Å². The van der Waals surface area contributed by atoms with Crippen LogP contribution in [0.1, 0.15) is 36.4 Å². The molecular formula is C13H19F3N2O. The fourth-order valence-electron chi connectivity index (χ4n) is 1.87. The molecule has 1 rings (SSSR count). The highest BCUT2D eigenvalue weighted by Gasteiger charge is 2.30. The molecule has 3 N–H and O–H groups in total. The minimum atomic E-state index is -4.33. The lowest BCUT2D eigenvalue weighted by Crippen LogP contribution is -2.28. The molecule has 6 heteroatoms. The predicted octanol–water partition coefficient (Wildman–Crippen LogP) is 3.03. The van der Waals surface area contributed by atoms with E-state index in [2.05, 4.69) is 5.43 Å². The molecule has 0 radical (unpaired) electrons. The Morgan fingerprint density at radius 1 is 1.32 bits per heavy atom. The van der Waals surface area contributed by atoms with Crippen molar-refractivity contribution in [2.45, 2.75) is 31.5 Å². The fourth-order valence-corrected chi connectivity index (χ4v) is 1.87. The van der Waals surface area contributed by atoms with Crippen molar-refractivity contribution < 1.29 is 17.9 Å². The van der Waals surface area contributed by atoms with Crippen molar-refractivity contribution in [2.24, 2.45) is 5.84 Å². The van der Waals surface area contributed by atoms with Gasteiger partial charge in [-0.1, -0.05) is 12.1 Å². The van der Waals surface area contributed by atoms with Gasteiger partial charge >= 0.3 is 6.18 Å². The molecular weight excluding hydrogens is 257 g/mol. The van der Waals surface area contributed by atoms with E-state index in [4.69, 9.17) is 10.6 Å². The highest BCUT2D eigenvalue weighted by Crippen LogP contribution is 2.31. The Kier molecular flexibility index (Phi) is 6.27. The van der Waals surface area contributed by atoms with Gasteiger partial charge in [0.15, 0.2) is 0 Å². The number of hydrogen-bond donors (Lipinski definition) is 2. The topological polar surface area (TPSA) is 47.3 Å². The van der Waals surface area contributed by atoms with E-state index in [1.807, 2.05) is 0 Å². The molecule has 19 heavy (non-hydrogen) atoms. The summed E-state index contributed by atoms with van der Waals surface area (Å²) in [5, 5.41) is 0. The first-order valence-electron chi connectivity index (χ1n) is 6.11. The van der Waals surface area contributed by atoms with Crippen LogP contribution >= 0.6 is 0 Å². The van der Waals surface area contributed by atoms with Crippen LogP contribution in [0.15, 0.2) is 24.3 Å². The van der Waals surface area contributed by atoms with Crippen LogP contribution in [0.3, 0.4) is 0 Å². The van der Waals surface area contributed by atoms with E-state index in [1.165, 1.54) is 6.07 Å². The van der Waals surface area contributed by atoms with Gasteiger partial charge in [-0.05, 0) is 37.0 Å². The number of halogens is 3. The lowest BCUT2D eigenvalue weighted by Gasteiger charge is -2.17. The van der Waals surface area contributed by atoms with Crippen LogP contribution in [0.2, 0.25) is 0 Å². The van der Waals surface area contributed by atoms with Crippen LogP contribution < -0.4 is 11.3 Å². The van der Waals surface area contributed by atoms with Crippen molar-refractivity contribution in [3.8, 4) is 0 Å². The van der Waals surface area contributed by atoms with Gasteiger partial charge in [0, 0.05) is 19.8 Å². The van der Waals surface area contributed by atoms with Crippen LogP contribution in [-0.4, -0.2) is 13.7 Å². The van der Waals surface area contributed by atoms with Crippen LogP contribution in [0, 0.1) is 0 Å². The van der Waals surface area contributed by atoms with Crippen molar-refractivity contribution in [3.63, 3.8) is 0 Å². The highest BCUT2D eigenvalue weighted by atomic mass is 19.4. The number of hydrazine groups is 1. The van der Waals surface area contributed by atoms with Gasteiger partial charge in [-0.15, -0.1) is 0 Å². The maximum absolute atomic E-state index is 12.6. The number of unbranched alkanes of at least 4 members (excludes halogenated alkanes) is 1. The summed E-state index contributed by atoms with van der Waals surface area (Å²) < 4.78 is 42.8. The van der Waals surface area contributed by atoms with E-state index in [0.717, 1.165) is 25.0 Å². The van der Waals surface area contributed by atoms with Crippen LogP contribution in [-0.2, 0) is 10.9 Å². The van der Waals surface area contributed by atoms with Gasteiger partial charge in [0.05, 0.1) is 5.56 Å². The van der Waals surface area contributed by atoms with Crippen molar-refractivity contribution in [3.05, 3.63) is 35.4 Å². The second-order valence-corrected chi connectivity index (χ2v) is 4.33. The molecule has 0 saturated carbocycles. The molecule has 0 aliphatic carbocycles. The maximum atomic E-state index is 12.6. The standard InChI is InChI=1S/C13H19F3N2O/c1-19-8-3-2-7-12(18-17)10-5-4-6-11(9-10)13(14,15)16/h4-6,9,12,18H,2-3,7-8,17H2,1H3. The summed E-state index contributed by atoms with van der Waals surface area (Å²) in [7, 11) is 1.62. The Morgan fingerprint density at radius 3 is 2.63 bits per heavy atom. The summed E-state index contributed by atoms with van der Waals surface area (Å²) in [4.78, 5) is 0. The molecule has 0 aliphatic heterocycles. The van der Waals surface area contributed by atoms with Crippen LogP contribution in [0.25, 0.3) is 0 Å². The number of hydrogen-bond acceptors (Lipinski definition) is 3. The Hall–Kier alpha value is -1.11. The number of methoxy groups -OCH3 is 1. The van der Waals surface area contributed by atoms with Crippen molar-refractivity contribution in [1.29, 1.82) is 0 Å². The second-order valence-electron chi connectivity index (χ2n) is 4.33. The van der Waals surface area contributed by atoms with E-state index < -0.39 is 11.7 Å². The van der Waals surface area contributed by atoms with Gasteiger partial charge < -0.3 is 4.74 Å². The number of nitrogens with one attached hydrogen (secondary N) is 1. The zero-order valence-corrected chi connectivity index (χ0v) is 10.8. The lowest BCUT2D eigenvalue weighted by atomic mass is 9.99. The van der Waals surface area contributed by atoms with Gasteiger partial charge in [0.2, 0.25) is 0 Å². The monoisotopic (exact) mass is 276 g/mol. The first-order valence-corrected chi connectivity index (χ1v) is 6.11. The van der Waals surface area contributed by atoms with Crippen LogP contribution in [0.5, 0.6) is 0 Å². The largest absolute Gasteiger partial charge is 0.416 e. The van der Waals surface area contributed by atoms with E-state index >= 15 is 0 Å². The van der Waals surface area contributed by atoms with Gasteiger partial charge in [0.1, 0.15) is 0 Å². The Balaban J connectivity index is 2.70. The third-order valence-electron chi connectivity index (χ3n) is 2.91. The SMILES string of the molecule is COCCCCC(NN)c1cccc(C(F)(F)F)c1. The molecule has 1 atom stereocenters. The third kappa shape index (κ3) is 5.18. The van der Waals surface area contributed by atoms with E-state index in [-0.39, 0.29) is 6.04 Å². The zero-order chi connectivity index (χ0) is 14.3. The Bertz CT molecular complexity index is 382. The van der Waals surface area contributed by atoms with Crippen molar-refractivity contribution in [2.75, 3.05) is 13.7 Å². The molecule has 0 amide bonds. The summed E-state index contributed by atoms with van der Waals surface area (Å²) in [6, 6.07) is 4.97. The van der Waals surface area contributed by atoms with E-state index in [9.17, 15) is 13.2 Å². The molecule has 0 aromatic heterocycles. The number of nitrogens with two attached hydrogens (primary N) is 1. The number of alkyl halides is 3. The number of ether oxygens (including phenoxy) is 1. The molecule has 0 fully saturated rings. The maximum Gasteiger partial charge on any atom is 0.416 e. The molecule has 0 aliphatic rings. The molecule has 0 spiro atoms. The third-order valence-corrected chi connectivity index (χ3v) is 2.91. The molecule has 0 bridgehead atoms. The quantitative estimate of drug-likeness (QED) is 0.457. The molecule has 3 nitrogen and oxygen atoms in total. The first kappa shape index (κ1) is 15.9. The molecule has 0 saturated heterocycles. The first-order chi connectivity index (χ1) is 8.99. The normalized spacial score (nSPS) is 13.5. The van der Waals surface area contributed by atoms with Crippen molar-refractivity contribution in [1.82, 2.24) is 5.43 Å². The summed E-state index contributed by atoms with van der Waals surface area (Å²) in [6.45, 7) is 0.639. The lowest BCUT2D eigenvalue weighted by molar-refractivity contribution is -0.137.